The van der Waals surface area contributed by atoms with Crippen molar-refractivity contribution < 1.29 is 31.3 Å². The molecule has 2 amide bonds. The van der Waals surface area contributed by atoms with Crippen LogP contribution in [0.5, 0.6) is 0 Å². The van der Waals surface area contributed by atoms with E-state index in [-0.39, 0.29) is 27.6 Å². The smallest absolute Gasteiger partial charge is 0.308 e. The number of carbonyl (C=O) groups excluding carboxylic acids is 1. The van der Waals surface area contributed by atoms with E-state index in [1.165, 1.54) is 30.3 Å². The molecule has 3 N–H and O–H groups in total. The molecule has 3 rings (SSSR count). The Morgan fingerprint density at radius 3 is 2.12 bits per heavy atom. The van der Waals surface area contributed by atoms with E-state index in [9.17, 15) is 36.5 Å². The van der Waals surface area contributed by atoms with Crippen molar-refractivity contribution in [3.8, 4) is 0 Å². The number of benzene rings is 3. The first-order valence-corrected chi connectivity index (χ1v) is 10.6. The molecule has 0 aliphatic rings. The van der Waals surface area contributed by atoms with Crippen LogP contribution in [0.4, 0.5) is 40.7 Å². The number of carbonyl (C=O) groups is 1. The molecule has 3 aromatic rings. The Hall–Kier alpha value is -4.13. The summed E-state index contributed by atoms with van der Waals surface area (Å²) in [6.07, 6.45) is -4.59. The number of non-ortho nitro benzene ring substituents is 1. The van der Waals surface area contributed by atoms with Crippen molar-refractivity contribution in [3.05, 3.63) is 88.5 Å². The summed E-state index contributed by atoms with van der Waals surface area (Å²) in [6, 6.07) is 13.0. The monoisotopic (exact) mass is 480 g/mol. The third-order valence-corrected chi connectivity index (χ3v) is 5.61. The van der Waals surface area contributed by atoms with Gasteiger partial charge < -0.3 is 10.6 Å². The van der Waals surface area contributed by atoms with Crippen LogP contribution in [0.1, 0.15) is 5.56 Å². The maximum Gasteiger partial charge on any atom is 0.416 e. The number of urea groups is 1. The summed E-state index contributed by atoms with van der Waals surface area (Å²) in [4.78, 5) is 22.1. The highest BCUT2D eigenvalue weighted by atomic mass is 32.2. The van der Waals surface area contributed by atoms with Crippen LogP contribution < -0.4 is 15.4 Å². The molecule has 0 fully saturated rings. The molecule has 13 heteroatoms. The molecule has 0 heterocycles. The maximum atomic E-state index is 12.8. The molecule has 0 aliphatic heterocycles. The molecular formula is C20H15F3N4O5S. The van der Waals surface area contributed by atoms with Gasteiger partial charge in [-0.3, -0.25) is 14.8 Å². The summed E-state index contributed by atoms with van der Waals surface area (Å²) < 4.78 is 66.0. The van der Waals surface area contributed by atoms with E-state index in [0.29, 0.717) is 0 Å². The van der Waals surface area contributed by atoms with Crippen molar-refractivity contribution in [1.29, 1.82) is 0 Å². The second-order valence-electron chi connectivity index (χ2n) is 6.56. The molecule has 0 spiro atoms. The van der Waals surface area contributed by atoms with Crippen LogP contribution >= 0.6 is 0 Å². The summed E-state index contributed by atoms with van der Waals surface area (Å²) in [6.45, 7) is 0. The number of para-hydroxylation sites is 2. The van der Waals surface area contributed by atoms with Crippen molar-refractivity contribution in [2.45, 2.75) is 11.1 Å². The lowest BCUT2D eigenvalue weighted by atomic mass is 10.2. The lowest BCUT2D eigenvalue weighted by Gasteiger charge is -2.14. The van der Waals surface area contributed by atoms with Crippen LogP contribution in [0.15, 0.2) is 77.7 Å². The number of nitro benzene ring substituents is 1. The van der Waals surface area contributed by atoms with Crippen molar-refractivity contribution in [2.24, 2.45) is 0 Å². The minimum absolute atomic E-state index is 0.0208. The fraction of sp³-hybridized carbons (Fsp3) is 0.0500. The van der Waals surface area contributed by atoms with Crippen LogP contribution in [0.2, 0.25) is 0 Å². The summed E-state index contributed by atoms with van der Waals surface area (Å²) in [7, 11) is -4.16. The van der Waals surface area contributed by atoms with E-state index in [0.717, 1.165) is 42.5 Å². The molecule has 0 bridgehead atoms. The number of nitro groups is 1. The van der Waals surface area contributed by atoms with Gasteiger partial charge in [0.2, 0.25) is 0 Å². The lowest BCUT2D eigenvalue weighted by molar-refractivity contribution is -0.384. The normalized spacial score (nSPS) is 11.5. The topological polar surface area (TPSA) is 130 Å². The van der Waals surface area contributed by atoms with Gasteiger partial charge in [-0.25, -0.2) is 13.2 Å². The SMILES string of the molecule is O=C(Nc1cccc(C(F)(F)F)c1)Nc1ccccc1NS(=O)(=O)c1ccc([N+](=O)[O-])cc1. The number of hydrogen-bond donors (Lipinski definition) is 3. The minimum Gasteiger partial charge on any atom is -0.308 e. The molecule has 0 unspecified atom stereocenters. The number of rotatable bonds is 6. The molecule has 9 nitrogen and oxygen atoms in total. The number of nitrogens with one attached hydrogen (secondary N) is 3. The molecule has 0 saturated heterocycles. The van der Waals surface area contributed by atoms with E-state index >= 15 is 0 Å². The minimum atomic E-state index is -4.59. The average Bonchev–Trinajstić information content (AvgIpc) is 2.74. The lowest BCUT2D eigenvalue weighted by Crippen LogP contribution is -2.21. The molecule has 0 saturated carbocycles. The van der Waals surface area contributed by atoms with Gasteiger partial charge in [0, 0.05) is 17.8 Å². The molecule has 172 valence electrons. The number of alkyl halides is 3. The third-order valence-electron chi connectivity index (χ3n) is 4.23. The van der Waals surface area contributed by atoms with Crippen LogP contribution in [0, 0.1) is 10.1 Å². The van der Waals surface area contributed by atoms with Crippen molar-refractivity contribution in [3.63, 3.8) is 0 Å². The fourth-order valence-corrected chi connectivity index (χ4v) is 3.77. The van der Waals surface area contributed by atoms with E-state index < -0.39 is 32.7 Å². The number of anilines is 3. The van der Waals surface area contributed by atoms with E-state index in [1.807, 2.05) is 0 Å². The second kappa shape index (κ2) is 9.16. The molecule has 0 aliphatic carbocycles. The van der Waals surface area contributed by atoms with Gasteiger partial charge in [-0.1, -0.05) is 18.2 Å². The van der Waals surface area contributed by atoms with Gasteiger partial charge in [0.05, 0.1) is 26.8 Å². The Balaban J connectivity index is 1.76. The molecule has 0 atom stereocenters. The number of halogens is 3. The van der Waals surface area contributed by atoms with Gasteiger partial charge in [-0.2, -0.15) is 13.2 Å². The zero-order chi connectivity index (χ0) is 24.2. The molecule has 0 radical (unpaired) electrons. The zero-order valence-electron chi connectivity index (χ0n) is 16.5. The number of amides is 2. The maximum absolute atomic E-state index is 12.8. The number of sulfonamides is 1. The molecular weight excluding hydrogens is 465 g/mol. The quantitative estimate of drug-likeness (QED) is 0.335. The van der Waals surface area contributed by atoms with Gasteiger partial charge in [0.1, 0.15) is 0 Å². The van der Waals surface area contributed by atoms with E-state index in [2.05, 4.69) is 15.4 Å². The van der Waals surface area contributed by atoms with Gasteiger partial charge in [0.15, 0.2) is 0 Å². The van der Waals surface area contributed by atoms with Crippen LogP contribution in [0.3, 0.4) is 0 Å². The van der Waals surface area contributed by atoms with Gasteiger partial charge in [-0.05, 0) is 42.5 Å². The summed E-state index contributed by atoms with van der Waals surface area (Å²) >= 11 is 0. The summed E-state index contributed by atoms with van der Waals surface area (Å²) in [5, 5.41) is 15.4. The number of nitrogens with zero attached hydrogens (tertiary/aromatic N) is 1. The van der Waals surface area contributed by atoms with Crippen molar-refractivity contribution in [2.75, 3.05) is 15.4 Å². The molecule has 0 aromatic heterocycles. The van der Waals surface area contributed by atoms with Crippen LogP contribution in [-0.2, 0) is 16.2 Å². The van der Waals surface area contributed by atoms with Gasteiger partial charge >= 0.3 is 12.2 Å². The highest BCUT2D eigenvalue weighted by Gasteiger charge is 2.30. The highest BCUT2D eigenvalue weighted by Crippen LogP contribution is 2.31. The Labute approximate surface area is 185 Å². The van der Waals surface area contributed by atoms with E-state index in [4.69, 9.17) is 0 Å². The first kappa shape index (κ1) is 23.5. The summed E-state index contributed by atoms with van der Waals surface area (Å²) in [5.41, 5.74) is -1.37. The first-order chi connectivity index (χ1) is 15.5. The standard InChI is InChI=1S/C20H15F3N4O5S/c21-20(22,23)13-4-3-5-14(12-13)24-19(28)25-17-6-1-2-7-18(17)26-33(31,32)16-10-8-15(9-11-16)27(29)30/h1-12,26H,(H2,24,25,28). The summed E-state index contributed by atoms with van der Waals surface area (Å²) in [5.74, 6) is 0. The highest BCUT2D eigenvalue weighted by molar-refractivity contribution is 7.92. The average molecular weight is 480 g/mol. The Bertz CT molecular complexity index is 1300. The largest absolute Gasteiger partial charge is 0.416 e. The van der Waals surface area contributed by atoms with E-state index in [1.54, 1.807) is 0 Å². The Morgan fingerprint density at radius 1 is 0.879 bits per heavy atom. The van der Waals surface area contributed by atoms with Crippen molar-refractivity contribution in [1.82, 2.24) is 0 Å². The Kier molecular flexibility index (Phi) is 6.53. The molecule has 3 aromatic carbocycles. The second-order valence-corrected chi connectivity index (χ2v) is 8.24. The van der Waals surface area contributed by atoms with Gasteiger partial charge in [0.25, 0.3) is 15.7 Å². The zero-order valence-corrected chi connectivity index (χ0v) is 17.3. The van der Waals surface area contributed by atoms with Crippen LogP contribution in [0.25, 0.3) is 0 Å². The van der Waals surface area contributed by atoms with Crippen molar-refractivity contribution >= 4 is 38.8 Å². The fourth-order valence-electron chi connectivity index (χ4n) is 2.69. The predicted molar refractivity (Wildman–Crippen MR) is 114 cm³/mol. The van der Waals surface area contributed by atoms with Gasteiger partial charge in [-0.15, -0.1) is 0 Å². The Morgan fingerprint density at radius 2 is 1.52 bits per heavy atom. The van der Waals surface area contributed by atoms with Crippen LogP contribution in [-0.4, -0.2) is 19.4 Å². The first-order valence-electron chi connectivity index (χ1n) is 9.07. The predicted octanol–water partition coefficient (Wildman–Crippen LogP) is 5.06. The number of hydrogen-bond acceptors (Lipinski definition) is 5. The third kappa shape index (κ3) is 5.98. The molecule has 33 heavy (non-hydrogen) atoms.